The third kappa shape index (κ3) is 2.17. The van der Waals surface area contributed by atoms with E-state index in [1.54, 1.807) is 22.6 Å². The Labute approximate surface area is 92.8 Å². The molecule has 0 aliphatic heterocycles. The van der Waals surface area contributed by atoms with E-state index in [-0.39, 0.29) is 15.0 Å². The number of rotatable bonds is 2. The highest BCUT2D eigenvalue weighted by Gasteiger charge is 2.17. The van der Waals surface area contributed by atoms with Gasteiger partial charge in [-0.2, -0.15) is 0 Å². The van der Waals surface area contributed by atoms with E-state index in [0.717, 1.165) is 0 Å². The summed E-state index contributed by atoms with van der Waals surface area (Å²) in [5.74, 6) is -0.707. The minimum atomic E-state index is -2.59. The van der Waals surface area contributed by atoms with Crippen LogP contribution in [-0.4, -0.2) is 10.9 Å². The maximum Gasteiger partial charge on any atom is 0.267 e. The van der Waals surface area contributed by atoms with Crippen molar-refractivity contribution in [3.8, 4) is 0 Å². The van der Waals surface area contributed by atoms with E-state index < -0.39 is 12.3 Å². The number of aryl methyl sites for hydroxylation is 1. The zero-order chi connectivity index (χ0) is 10.9. The summed E-state index contributed by atoms with van der Waals surface area (Å²) >= 11 is 1.65. The minimum Gasteiger partial charge on any atom is -0.364 e. The van der Waals surface area contributed by atoms with Crippen LogP contribution in [0.3, 0.4) is 0 Å². The molecule has 0 aliphatic rings. The molecule has 0 radical (unpaired) electrons. The molecular weight excluding hydrogens is 305 g/mol. The van der Waals surface area contributed by atoms with E-state index in [9.17, 15) is 13.6 Å². The topological polar surface area (TPSA) is 56.0 Å². The number of carbonyl (C=O) groups excluding carboxylic acids is 1. The van der Waals surface area contributed by atoms with Crippen LogP contribution < -0.4 is 5.73 Å². The average Bonchev–Trinajstić information content (AvgIpc) is 2.07. The summed E-state index contributed by atoms with van der Waals surface area (Å²) in [6.45, 7) is 1.52. The van der Waals surface area contributed by atoms with Crippen molar-refractivity contribution in [2.24, 2.45) is 5.73 Å². The highest BCUT2D eigenvalue weighted by atomic mass is 127. The Bertz CT molecular complexity index is 382. The molecule has 1 amide bonds. The molecule has 0 aliphatic carbocycles. The van der Waals surface area contributed by atoms with Gasteiger partial charge in [0.2, 0.25) is 0 Å². The molecule has 2 N–H and O–H groups in total. The zero-order valence-electron chi connectivity index (χ0n) is 7.22. The first-order valence-electron chi connectivity index (χ1n) is 3.68. The third-order valence-corrected chi connectivity index (χ3v) is 2.53. The molecule has 14 heavy (non-hydrogen) atoms. The molecule has 0 atom stereocenters. The lowest BCUT2D eigenvalue weighted by atomic mass is 10.1. The number of alkyl halides is 2. The Morgan fingerprint density at radius 1 is 1.64 bits per heavy atom. The van der Waals surface area contributed by atoms with Gasteiger partial charge in [0.1, 0.15) is 9.39 Å². The Morgan fingerprint density at radius 2 is 2.21 bits per heavy atom. The molecule has 1 heterocycles. The monoisotopic (exact) mass is 312 g/mol. The minimum absolute atomic E-state index is 0.0406. The summed E-state index contributed by atoms with van der Waals surface area (Å²) in [6.07, 6.45) is -2.59. The highest BCUT2D eigenvalue weighted by molar-refractivity contribution is 14.1. The van der Waals surface area contributed by atoms with Crippen LogP contribution in [-0.2, 0) is 0 Å². The van der Waals surface area contributed by atoms with Gasteiger partial charge < -0.3 is 5.73 Å². The molecule has 76 valence electrons. The molecule has 1 aromatic rings. The first kappa shape index (κ1) is 11.3. The van der Waals surface area contributed by atoms with Gasteiger partial charge in [0.05, 0.1) is 0 Å². The Hall–Kier alpha value is -0.790. The van der Waals surface area contributed by atoms with Crippen LogP contribution in [0.25, 0.3) is 0 Å². The van der Waals surface area contributed by atoms with Gasteiger partial charge in [0.25, 0.3) is 12.3 Å². The second-order valence-corrected chi connectivity index (χ2v) is 3.72. The Kier molecular flexibility index (Phi) is 3.35. The number of carbonyl (C=O) groups is 1. The molecule has 6 heteroatoms. The van der Waals surface area contributed by atoms with Gasteiger partial charge in [-0.05, 0) is 41.1 Å². The van der Waals surface area contributed by atoms with Gasteiger partial charge in [-0.1, -0.05) is 0 Å². The number of nitrogens with two attached hydrogens (primary N) is 1. The van der Waals surface area contributed by atoms with Gasteiger partial charge in [0, 0.05) is 5.56 Å². The van der Waals surface area contributed by atoms with E-state index in [2.05, 4.69) is 4.98 Å². The highest BCUT2D eigenvalue weighted by Crippen LogP contribution is 2.24. The second-order valence-electron chi connectivity index (χ2n) is 2.70. The van der Waals surface area contributed by atoms with E-state index in [1.807, 2.05) is 0 Å². The van der Waals surface area contributed by atoms with Crippen molar-refractivity contribution >= 4 is 28.5 Å². The van der Waals surface area contributed by atoms with Crippen LogP contribution in [0.2, 0.25) is 0 Å². The summed E-state index contributed by atoms with van der Waals surface area (Å²) in [6, 6.07) is 1.24. The first-order chi connectivity index (χ1) is 6.43. The van der Waals surface area contributed by atoms with Gasteiger partial charge >= 0.3 is 0 Å². The molecule has 0 saturated heterocycles. The predicted molar refractivity (Wildman–Crippen MR) is 55.2 cm³/mol. The molecule has 0 unspecified atom stereocenters. The van der Waals surface area contributed by atoms with E-state index >= 15 is 0 Å². The van der Waals surface area contributed by atoms with E-state index in [0.29, 0.717) is 5.56 Å². The number of amides is 1. The van der Waals surface area contributed by atoms with Crippen molar-refractivity contribution in [1.82, 2.24) is 4.98 Å². The number of pyridine rings is 1. The number of primary amides is 1. The van der Waals surface area contributed by atoms with Crippen molar-refractivity contribution in [3.05, 3.63) is 26.6 Å². The quantitative estimate of drug-likeness (QED) is 0.671. The standard InChI is InChI=1S/C8H7F2IN2O/c1-3-2-4(6(9)10)7(11)13-5(3)8(12)14/h2,6H,1H3,(H2,12,14). The molecule has 0 aromatic carbocycles. The number of aromatic nitrogens is 1. The molecule has 0 saturated carbocycles. The smallest absolute Gasteiger partial charge is 0.267 e. The van der Waals surface area contributed by atoms with Crippen LogP contribution in [0.15, 0.2) is 6.07 Å². The van der Waals surface area contributed by atoms with Crippen molar-refractivity contribution in [2.45, 2.75) is 13.3 Å². The lowest BCUT2D eigenvalue weighted by Crippen LogP contribution is -2.16. The molecular formula is C8H7F2IN2O. The first-order valence-corrected chi connectivity index (χ1v) is 4.76. The summed E-state index contributed by atoms with van der Waals surface area (Å²) in [7, 11) is 0. The van der Waals surface area contributed by atoms with Crippen molar-refractivity contribution in [1.29, 1.82) is 0 Å². The normalized spacial score (nSPS) is 10.6. The summed E-state index contributed by atoms with van der Waals surface area (Å²) in [5, 5.41) is 0. The van der Waals surface area contributed by atoms with Crippen LogP contribution in [0.1, 0.15) is 28.0 Å². The zero-order valence-corrected chi connectivity index (χ0v) is 9.38. The maximum absolute atomic E-state index is 12.4. The van der Waals surface area contributed by atoms with Crippen molar-refractivity contribution < 1.29 is 13.6 Å². The van der Waals surface area contributed by atoms with Crippen LogP contribution >= 0.6 is 22.6 Å². The lowest BCUT2D eigenvalue weighted by Gasteiger charge is -2.06. The molecule has 3 nitrogen and oxygen atoms in total. The second kappa shape index (κ2) is 4.16. The largest absolute Gasteiger partial charge is 0.364 e. The Balaban J connectivity index is 3.31. The van der Waals surface area contributed by atoms with Gasteiger partial charge in [-0.3, -0.25) is 4.79 Å². The predicted octanol–water partition coefficient (Wildman–Crippen LogP) is 2.03. The molecule has 1 rings (SSSR count). The Morgan fingerprint density at radius 3 is 2.64 bits per heavy atom. The van der Waals surface area contributed by atoms with Crippen LogP contribution in [0.5, 0.6) is 0 Å². The van der Waals surface area contributed by atoms with Gasteiger partial charge in [0.15, 0.2) is 0 Å². The number of nitrogens with zero attached hydrogens (tertiary/aromatic N) is 1. The molecule has 1 aromatic heterocycles. The lowest BCUT2D eigenvalue weighted by molar-refractivity contribution is 0.0993. The van der Waals surface area contributed by atoms with Crippen molar-refractivity contribution in [3.63, 3.8) is 0 Å². The number of halogens is 3. The average molecular weight is 312 g/mol. The molecule has 0 spiro atoms. The summed E-state index contributed by atoms with van der Waals surface area (Å²) < 4.78 is 24.9. The summed E-state index contributed by atoms with van der Waals surface area (Å²) in [4.78, 5) is 14.5. The fourth-order valence-corrected chi connectivity index (χ4v) is 1.65. The number of hydrogen-bond acceptors (Lipinski definition) is 2. The summed E-state index contributed by atoms with van der Waals surface area (Å²) in [5.41, 5.74) is 5.25. The molecule has 0 fully saturated rings. The van der Waals surface area contributed by atoms with Gasteiger partial charge in [-0.25, -0.2) is 13.8 Å². The van der Waals surface area contributed by atoms with Crippen LogP contribution in [0.4, 0.5) is 8.78 Å². The fraction of sp³-hybridized carbons (Fsp3) is 0.250. The van der Waals surface area contributed by atoms with Crippen LogP contribution in [0, 0.1) is 10.6 Å². The van der Waals surface area contributed by atoms with Gasteiger partial charge in [-0.15, -0.1) is 0 Å². The van der Waals surface area contributed by atoms with E-state index in [4.69, 9.17) is 5.73 Å². The maximum atomic E-state index is 12.4. The van der Waals surface area contributed by atoms with Crippen molar-refractivity contribution in [2.75, 3.05) is 0 Å². The SMILES string of the molecule is Cc1cc(C(F)F)c(I)nc1C(N)=O. The fourth-order valence-electron chi connectivity index (χ4n) is 1.01. The van der Waals surface area contributed by atoms with E-state index in [1.165, 1.54) is 13.0 Å². The molecule has 0 bridgehead atoms. The third-order valence-electron chi connectivity index (χ3n) is 1.66. The number of hydrogen-bond donors (Lipinski definition) is 1.